The molecule has 0 atom stereocenters. The molecular weight excluding hydrogens is 188 g/mol. The van der Waals surface area contributed by atoms with Gasteiger partial charge in [0.2, 0.25) is 0 Å². The monoisotopic (exact) mass is 200 g/mol. The van der Waals surface area contributed by atoms with E-state index < -0.39 is 8.69 Å². The van der Waals surface area contributed by atoms with Gasteiger partial charge in [-0.05, 0) is 0 Å². The van der Waals surface area contributed by atoms with Gasteiger partial charge < -0.3 is 4.89 Å². The summed E-state index contributed by atoms with van der Waals surface area (Å²) in [6.07, 6.45) is 2.90. The maximum Gasteiger partial charge on any atom is 0.324 e. The molecule has 52 valence electrons. The Bertz CT molecular complexity index is 48.2. The maximum absolute atomic E-state index is 8.46. The SMILES string of the molecule is CCC[CH2][Zn][CH3].O=PO. The second-order valence-electron chi connectivity index (χ2n) is 1.79. The molecule has 9 heavy (non-hydrogen) atoms. The van der Waals surface area contributed by atoms with Crippen molar-refractivity contribution < 1.29 is 26.6 Å². The van der Waals surface area contributed by atoms with E-state index in [2.05, 4.69) is 12.4 Å². The predicted molar refractivity (Wildman–Crippen MR) is 35.4 cm³/mol. The molecule has 0 fully saturated rings. The fourth-order valence-electron chi connectivity index (χ4n) is 0.500. The van der Waals surface area contributed by atoms with Crippen LogP contribution in [0.5, 0.6) is 0 Å². The van der Waals surface area contributed by atoms with Crippen molar-refractivity contribution in [3.63, 3.8) is 0 Å². The second kappa shape index (κ2) is 15.9. The van der Waals surface area contributed by atoms with E-state index in [0.717, 1.165) is 0 Å². The van der Waals surface area contributed by atoms with Crippen molar-refractivity contribution in [3.8, 4) is 0 Å². The summed E-state index contributed by atoms with van der Waals surface area (Å²) in [6.45, 7) is 2.26. The summed E-state index contributed by atoms with van der Waals surface area (Å²) in [5.74, 6) is 0. The van der Waals surface area contributed by atoms with Crippen LogP contribution in [0.2, 0.25) is 10.5 Å². The molecule has 0 heterocycles. The van der Waals surface area contributed by atoms with Crippen LogP contribution in [-0.4, -0.2) is 4.89 Å². The molecular formula is C5H13O2PZn. The molecule has 0 aliphatic rings. The Morgan fingerprint density at radius 2 is 2.11 bits per heavy atom. The van der Waals surface area contributed by atoms with Gasteiger partial charge in [-0.25, -0.2) is 4.57 Å². The summed E-state index contributed by atoms with van der Waals surface area (Å²) < 4.78 is 8.46. The molecule has 0 saturated carbocycles. The topological polar surface area (TPSA) is 37.3 Å². The van der Waals surface area contributed by atoms with E-state index >= 15 is 0 Å². The summed E-state index contributed by atoms with van der Waals surface area (Å²) in [4.78, 5) is 6.99. The number of hydrogen-bond acceptors (Lipinski definition) is 1. The van der Waals surface area contributed by atoms with Crippen molar-refractivity contribution in [3.05, 3.63) is 0 Å². The van der Waals surface area contributed by atoms with Crippen LogP contribution in [0.15, 0.2) is 0 Å². The van der Waals surface area contributed by atoms with Gasteiger partial charge in [0.05, 0.1) is 0 Å². The van der Waals surface area contributed by atoms with Crippen molar-refractivity contribution in [1.82, 2.24) is 0 Å². The van der Waals surface area contributed by atoms with Crippen LogP contribution in [0.25, 0.3) is 0 Å². The van der Waals surface area contributed by atoms with Crippen LogP contribution >= 0.6 is 8.69 Å². The van der Waals surface area contributed by atoms with E-state index in [4.69, 9.17) is 9.46 Å². The summed E-state index contributed by atoms with van der Waals surface area (Å²) in [6, 6.07) is 0. The van der Waals surface area contributed by atoms with Gasteiger partial charge in [0.1, 0.15) is 0 Å². The van der Waals surface area contributed by atoms with Crippen LogP contribution in [-0.2, 0) is 21.7 Å². The quantitative estimate of drug-likeness (QED) is 0.433. The molecule has 0 rings (SSSR count). The van der Waals surface area contributed by atoms with Gasteiger partial charge in [-0.1, -0.05) is 0 Å². The van der Waals surface area contributed by atoms with Crippen molar-refractivity contribution in [1.29, 1.82) is 0 Å². The Labute approximate surface area is 65.9 Å². The zero-order valence-electron chi connectivity index (χ0n) is 6.13. The predicted octanol–water partition coefficient (Wildman–Crippen LogP) is 2.52. The number of rotatable bonds is 3. The van der Waals surface area contributed by atoms with E-state index in [-0.39, 0.29) is 17.1 Å². The summed E-state index contributed by atoms with van der Waals surface area (Å²) in [7, 11) is -0.833. The third-order valence-electron chi connectivity index (χ3n) is 0.957. The Morgan fingerprint density at radius 1 is 1.67 bits per heavy atom. The van der Waals surface area contributed by atoms with Crippen molar-refractivity contribution in [2.45, 2.75) is 30.3 Å². The van der Waals surface area contributed by atoms with Gasteiger partial charge in [-0.3, -0.25) is 0 Å². The largest absolute Gasteiger partial charge is 0.324 e. The molecule has 0 unspecified atom stereocenters. The fraction of sp³-hybridized carbons (Fsp3) is 1.00. The first-order valence-electron chi connectivity index (χ1n) is 3.30. The molecule has 0 bridgehead atoms. The first-order chi connectivity index (χ1) is 4.33. The van der Waals surface area contributed by atoms with Gasteiger partial charge in [0, 0.05) is 0 Å². The average molecular weight is 202 g/mol. The van der Waals surface area contributed by atoms with E-state index in [0.29, 0.717) is 0 Å². The van der Waals surface area contributed by atoms with Crippen LogP contribution in [0, 0.1) is 0 Å². The summed E-state index contributed by atoms with van der Waals surface area (Å²) in [5.41, 5.74) is 2.42. The van der Waals surface area contributed by atoms with Crippen LogP contribution in [0.1, 0.15) is 19.8 Å². The molecule has 4 heteroatoms. The van der Waals surface area contributed by atoms with E-state index in [1.165, 1.54) is 12.8 Å². The van der Waals surface area contributed by atoms with Gasteiger partial charge in [0.25, 0.3) is 0 Å². The summed E-state index contributed by atoms with van der Waals surface area (Å²) >= 11 is 0.0698. The van der Waals surface area contributed by atoms with Crippen LogP contribution in [0.3, 0.4) is 0 Å². The molecule has 0 aliphatic heterocycles. The molecule has 0 aromatic carbocycles. The van der Waals surface area contributed by atoms with Crippen LogP contribution < -0.4 is 0 Å². The standard InChI is InChI=1S/C4H9.CH3.HO2P.Zn/c1-3-4-2;;1-3-2;/h1,3-4H2,2H3;1H3;(H,1,2);. The third kappa shape index (κ3) is 28.6. The van der Waals surface area contributed by atoms with Crippen LogP contribution in [0.4, 0.5) is 0 Å². The minimum absolute atomic E-state index is 0.0698. The zero-order chi connectivity index (χ0) is 7.54. The Kier molecular flexibility index (Phi) is 21.8. The molecule has 0 amide bonds. The van der Waals surface area contributed by atoms with E-state index in [1.807, 2.05) is 0 Å². The van der Waals surface area contributed by atoms with E-state index in [1.54, 1.807) is 5.02 Å². The van der Waals surface area contributed by atoms with Gasteiger partial charge in [0.15, 0.2) is 0 Å². The minimum Gasteiger partial charge on any atom is -0.310 e. The molecule has 0 radical (unpaired) electrons. The third-order valence-corrected chi connectivity index (χ3v) is 3.49. The maximum atomic E-state index is 8.46. The van der Waals surface area contributed by atoms with Gasteiger partial charge >= 0.3 is 56.1 Å². The molecule has 0 aliphatic carbocycles. The molecule has 0 spiro atoms. The van der Waals surface area contributed by atoms with Gasteiger partial charge in [-0.2, -0.15) is 0 Å². The normalized spacial score (nSPS) is 7.44. The Balaban J connectivity index is 0. The second-order valence-corrected chi connectivity index (χ2v) is 5.53. The van der Waals surface area contributed by atoms with Crippen molar-refractivity contribution in [2.75, 3.05) is 0 Å². The molecule has 1 N–H and O–H groups in total. The van der Waals surface area contributed by atoms with Crippen molar-refractivity contribution in [2.24, 2.45) is 0 Å². The van der Waals surface area contributed by atoms with E-state index in [9.17, 15) is 0 Å². The first kappa shape index (κ1) is 12.4. The van der Waals surface area contributed by atoms with Gasteiger partial charge in [-0.15, -0.1) is 0 Å². The Hall–Kier alpha value is 0.683. The fourth-order valence-corrected chi connectivity index (χ4v) is 2.60. The zero-order valence-corrected chi connectivity index (χ0v) is 9.99. The smallest absolute Gasteiger partial charge is 0.310 e. The minimum atomic E-state index is -0.833. The Morgan fingerprint density at radius 3 is 2.22 bits per heavy atom. The molecule has 0 aromatic heterocycles. The summed E-state index contributed by atoms with van der Waals surface area (Å²) in [5, 5.41) is 1.60. The number of hydrogen-bond donors (Lipinski definition) is 1. The number of unbranched alkanes of at least 4 members (excludes halogenated alkanes) is 1. The molecule has 2 nitrogen and oxygen atoms in total. The van der Waals surface area contributed by atoms with Crippen molar-refractivity contribution >= 4 is 8.69 Å². The molecule has 0 saturated heterocycles. The first-order valence-corrected chi connectivity index (χ1v) is 9.13. The average Bonchev–Trinajstić information content (AvgIpc) is 1.86. The molecule has 0 aromatic rings.